The van der Waals surface area contributed by atoms with E-state index in [1.807, 2.05) is 18.2 Å². The molecule has 1 aliphatic carbocycles. The third kappa shape index (κ3) is 4.43. The number of phenols is 1. The smallest absolute Gasteiger partial charge is 0.169 e. The Kier molecular flexibility index (Phi) is 5.99. The molecule has 0 amide bonds. The third-order valence-electron chi connectivity index (χ3n) is 6.79. The second kappa shape index (κ2) is 8.93. The first kappa shape index (κ1) is 22.1. The number of fused-ring (bicyclic) bond motifs is 1. The van der Waals surface area contributed by atoms with Crippen LogP contribution in [0.4, 0.5) is 5.69 Å². The molecule has 0 unspecified atom stereocenters. The summed E-state index contributed by atoms with van der Waals surface area (Å²) < 4.78 is 0. The van der Waals surface area contributed by atoms with Gasteiger partial charge in [-0.25, -0.2) is 0 Å². The monoisotopic (exact) mass is 465 g/mol. The molecule has 172 valence electrons. The lowest BCUT2D eigenvalue weighted by Crippen LogP contribution is -2.37. The van der Waals surface area contributed by atoms with Crippen molar-refractivity contribution in [2.24, 2.45) is 5.92 Å². The Morgan fingerprint density at radius 3 is 2.61 bits per heavy atom. The van der Waals surface area contributed by atoms with Crippen molar-refractivity contribution >= 4 is 34.0 Å². The maximum Gasteiger partial charge on any atom is 0.169 e. The number of ketones is 1. The highest BCUT2D eigenvalue weighted by Gasteiger charge is 2.33. The molecule has 0 bridgehead atoms. The first-order chi connectivity index (χ1) is 15.9. The van der Waals surface area contributed by atoms with Crippen LogP contribution in [0, 0.1) is 5.92 Å². The van der Waals surface area contributed by atoms with Crippen molar-refractivity contribution in [2.45, 2.75) is 38.3 Å². The van der Waals surface area contributed by atoms with Crippen molar-refractivity contribution in [2.75, 3.05) is 25.5 Å². The quantitative estimate of drug-likeness (QED) is 0.451. The van der Waals surface area contributed by atoms with Gasteiger partial charge >= 0.3 is 0 Å². The average molecular weight is 466 g/mol. The number of nitrogens with one attached hydrogen (secondary N) is 1. The van der Waals surface area contributed by atoms with Crippen molar-refractivity contribution in [3.8, 4) is 16.9 Å². The van der Waals surface area contributed by atoms with Gasteiger partial charge in [0.15, 0.2) is 5.78 Å². The van der Waals surface area contributed by atoms with Crippen molar-refractivity contribution in [3.63, 3.8) is 0 Å². The molecule has 3 N–H and O–H groups in total. The summed E-state index contributed by atoms with van der Waals surface area (Å²) in [4.78, 5) is 20.1. The Hall–Kier alpha value is -2.67. The number of anilines is 1. The summed E-state index contributed by atoms with van der Waals surface area (Å²) in [5, 5.41) is 24.5. The number of benzene rings is 2. The topological polar surface area (TPSA) is 85.7 Å². The zero-order valence-corrected chi connectivity index (χ0v) is 19.4. The Bertz CT molecular complexity index is 1220. The Labute approximate surface area is 198 Å². The average Bonchev–Trinajstić information content (AvgIpc) is 3.67. The van der Waals surface area contributed by atoms with Crippen LogP contribution >= 0.6 is 11.6 Å². The lowest BCUT2D eigenvalue weighted by Gasteiger charge is -2.31. The number of aliphatic hydroxyl groups excluding tert-OH is 1. The highest BCUT2D eigenvalue weighted by Crippen LogP contribution is 2.39. The molecule has 0 atom stereocenters. The van der Waals surface area contributed by atoms with E-state index in [2.05, 4.69) is 22.2 Å². The van der Waals surface area contributed by atoms with Gasteiger partial charge in [0.05, 0.1) is 28.4 Å². The minimum atomic E-state index is -0.308. The second-order valence-electron chi connectivity index (χ2n) is 9.26. The molecule has 7 heteroatoms. The number of aromatic nitrogens is 1. The van der Waals surface area contributed by atoms with Crippen LogP contribution in [0.2, 0.25) is 5.02 Å². The predicted molar refractivity (Wildman–Crippen MR) is 131 cm³/mol. The Morgan fingerprint density at radius 1 is 1.15 bits per heavy atom. The number of hydrogen-bond acceptors (Lipinski definition) is 6. The van der Waals surface area contributed by atoms with Crippen LogP contribution in [0.15, 0.2) is 36.5 Å². The van der Waals surface area contributed by atoms with E-state index < -0.39 is 0 Å². The Balaban J connectivity index is 1.62. The molecule has 1 saturated heterocycles. The molecule has 1 aromatic heterocycles. The van der Waals surface area contributed by atoms with Crippen LogP contribution in [0.25, 0.3) is 22.0 Å². The predicted octanol–water partition coefficient (Wildman–Crippen LogP) is 4.85. The van der Waals surface area contributed by atoms with E-state index in [1.165, 1.54) is 0 Å². The van der Waals surface area contributed by atoms with Crippen LogP contribution in [0.5, 0.6) is 5.75 Å². The molecule has 2 fully saturated rings. The zero-order valence-electron chi connectivity index (χ0n) is 18.6. The van der Waals surface area contributed by atoms with E-state index in [4.69, 9.17) is 11.6 Å². The van der Waals surface area contributed by atoms with Gasteiger partial charge in [-0.15, -0.1) is 0 Å². The molecule has 33 heavy (non-hydrogen) atoms. The number of carbonyl (C=O) groups excluding carboxylic acids is 1. The lowest BCUT2D eigenvalue weighted by atomic mass is 9.96. The van der Waals surface area contributed by atoms with E-state index >= 15 is 0 Å². The number of carbonyl (C=O) groups is 1. The summed E-state index contributed by atoms with van der Waals surface area (Å²) in [6.45, 7) is 1.74. The van der Waals surface area contributed by atoms with Crippen LogP contribution in [-0.2, 0) is 6.61 Å². The first-order valence-corrected chi connectivity index (χ1v) is 11.9. The van der Waals surface area contributed by atoms with Crippen molar-refractivity contribution in [3.05, 3.63) is 52.7 Å². The maximum atomic E-state index is 13.1. The van der Waals surface area contributed by atoms with E-state index in [0.717, 1.165) is 66.5 Å². The van der Waals surface area contributed by atoms with Crippen molar-refractivity contribution < 1.29 is 15.0 Å². The highest BCUT2D eigenvalue weighted by atomic mass is 35.5. The van der Waals surface area contributed by atoms with Gasteiger partial charge in [-0.3, -0.25) is 9.78 Å². The lowest BCUT2D eigenvalue weighted by molar-refractivity contribution is 0.0968. The number of rotatable bonds is 6. The van der Waals surface area contributed by atoms with Crippen LogP contribution in [-0.4, -0.2) is 52.1 Å². The molecular formula is C26H28ClN3O3. The largest absolute Gasteiger partial charge is 0.506 e. The molecule has 2 aromatic carbocycles. The summed E-state index contributed by atoms with van der Waals surface area (Å²) in [5.74, 6) is 0.168. The number of aliphatic hydroxyl groups is 1. The Morgan fingerprint density at radius 2 is 1.91 bits per heavy atom. The number of piperidine rings is 1. The number of aromatic hydroxyl groups is 1. The van der Waals surface area contributed by atoms with E-state index in [-0.39, 0.29) is 29.1 Å². The van der Waals surface area contributed by atoms with Gasteiger partial charge in [0, 0.05) is 29.1 Å². The molecular weight excluding hydrogens is 438 g/mol. The van der Waals surface area contributed by atoms with Gasteiger partial charge < -0.3 is 20.4 Å². The van der Waals surface area contributed by atoms with Crippen LogP contribution in [0.3, 0.4) is 0 Å². The van der Waals surface area contributed by atoms with Gasteiger partial charge in [0.2, 0.25) is 0 Å². The van der Waals surface area contributed by atoms with Crippen molar-refractivity contribution in [1.29, 1.82) is 0 Å². The number of likely N-dealkylation sites (tertiary alicyclic amines) is 1. The fourth-order valence-corrected chi connectivity index (χ4v) is 4.82. The minimum absolute atomic E-state index is 0.104. The summed E-state index contributed by atoms with van der Waals surface area (Å²) in [5.41, 5.74) is 4.38. The molecule has 2 heterocycles. The van der Waals surface area contributed by atoms with Gasteiger partial charge in [0.25, 0.3) is 0 Å². The summed E-state index contributed by atoms with van der Waals surface area (Å²) >= 11 is 6.21. The van der Waals surface area contributed by atoms with E-state index in [0.29, 0.717) is 17.2 Å². The minimum Gasteiger partial charge on any atom is -0.506 e. The highest BCUT2D eigenvalue weighted by molar-refractivity contribution is 6.32. The number of hydrogen-bond donors (Lipinski definition) is 3. The SMILES string of the molecule is CN1CCC(Nc2c(C(=O)C3CC3)cnc3ccc(-c4cc(Cl)c(O)c(CO)c4)cc23)CC1. The van der Waals surface area contributed by atoms with Crippen LogP contribution in [0.1, 0.15) is 41.6 Å². The molecule has 1 saturated carbocycles. The number of nitrogens with zero attached hydrogens (tertiary/aromatic N) is 2. The third-order valence-corrected chi connectivity index (χ3v) is 7.08. The fraction of sp³-hybridized carbons (Fsp3) is 0.385. The molecule has 3 aromatic rings. The number of pyridine rings is 1. The fourth-order valence-electron chi connectivity index (χ4n) is 4.58. The zero-order chi connectivity index (χ0) is 23.1. The molecule has 0 spiro atoms. The van der Waals surface area contributed by atoms with E-state index in [9.17, 15) is 15.0 Å². The molecule has 1 aliphatic heterocycles. The number of halogens is 1. The van der Waals surface area contributed by atoms with Crippen LogP contribution < -0.4 is 5.32 Å². The summed E-state index contributed by atoms with van der Waals surface area (Å²) in [6.07, 6.45) is 5.65. The number of Topliss-reactive ketones (excluding diaryl/α,β-unsaturated/α-hetero) is 1. The van der Waals surface area contributed by atoms with E-state index in [1.54, 1.807) is 18.3 Å². The van der Waals surface area contributed by atoms with Gasteiger partial charge in [0.1, 0.15) is 5.75 Å². The van der Waals surface area contributed by atoms with Crippen molar-refractivity contribution in [1.82, 2.24) is 9.88 Å². The van der Waals surface area contributed by atoms with Gasteiger partial charge in [-0.2, -0.15) is 0 Å². The normalized spacial score (nSPS) is 17.4. The molecule has 6 nitrogen and oxygen atoms in total. The maximum absolute atomic E-state index is 13.1. The molecule has 2 aliphatic rings. The summed E-state index contributed by atoms with van der Waals surface area (Å²) in [6, 6.07) is 9.63. The summed E-state index contributed by atoms with van der Waals surface area (Å²) in [7, 11) is 2.13. The molecule has 0 radical (unpaired) electrons. The van der Waals surface area contributed by atoms with Gasteiger partial charge in [-0.1, -0.05) is 17.7 Å². The second-order valence-corrected chi connectivity index (χ2v) is 9.67. The van der Waals surface area contributed by atoms with Gasteiger partial charge in [-0.05, 0) is 81.2 Å². The standard InChI is InChI=1S/C26H28ClN3O3/c1-30-8-6-19(7-9-30)29-24-20-11-16(17-10-18(14-31)26(33)22(27)12-17)4-5-23(20)28-13-21(24)25(32)15-2-3-15/h4-5,10-13,15,19,31,33H,2-3,6-9,14H2,1H3,(H,28,29). The molecule has 5 rings (SSSR count). The first-order valence-electron chi connectivity index (χ1n) is 11.5.